The number of benzene rings is 2. The molecule has 134 valence electrons. The highest BCUT2D eigenvalue weighted by molar-refractivity contribution is 5.46. The van der Waals surface area contributed by atoms with Gasteiger partial charge in [-0.1, -0.05) is 45.0 Å². The van der Waals surface area contributed by atoms with Gasteiger partial charge < -0.3 is 4.74 Å². The van der Waals surface area contributed by atoms with E-state index in [9.17, 15) is 10.1 Å². The molecule has 0 bridgehead atoms. The van der Waals surface area contributed by atoms with E-state index in [0.717, 1.165) is 12.0 Å². The van der Waals surface area contributed by atoms with Crippen LogP contribution in [-0.4, -0.2) is 4.92 Å². The summed E-state index contributed by atoms with van der Waals surface area (Å²) in [4.78, 5) is 10.7. The summed E-state index contributed by atoms with van der Waals surface area (Å²) in [6.45, 7) is 11.3. The molecule has 2 rings (SSSR count). The van der Waals surface area contributed by atoms with Crippen molar-refractivity contribution in [1.29, 1.82) is 0 Å². The molecule has 0 aliphatic heterocycles. The van der Waals surface area contributed by atoms with Crippen LogP contribution in [-0.2, 0) is 6.61 Å². The zero-order valence-electron chi connectivity index (χ0n) is 15.7. The maximum absolute atomic E-state index is 11.1. The van der Waals surface area contributed by atoms with Gasteiger partial charge in [-0.2, -0.15) is 0 Å². The predicted octanol–water partition coefficient (Wildman–Crippen LogP) is 5.94. The van der Waals surface area contributed by atoms with E-state index in [-0.39, 0.29) is 5.69 Å². The second kappa shape index (κ2) is 8.15. The van der Waals surface area contributed by atoms with Gasteiger partial charge in [0.25, 0.3) is 0 Å². The molecular formula is C21H27NO3. The summed E-state index contributed by atoms with van der Waals surface area (Å²) in [5.41, 5.74) is 4.96. The van der Waals surface area contributed by atoms with E-state index < -0.39 is 4.92 Å². The third kappa shape index (κ3) is 4.19. The second-order valence-corrected chi connectivity index (χ2v) is 6.84. The third-order valence-electron chi connectivity index (χ3n) is 5.03. The SMILES string of the molecule is CCC(c1ccc(COc2ccccc2[N+](=O)[O-])c(C)c1C)C(C)C. The molecule has 0 aromatic heterocycles. The highest BCUT2D eigenvalue weighted by atomic mass is 16.6. The van der Waals surface area contributed by atoms with Crippen molar-refractivity contribution in [2.45, 2.75) is 53.6 Å². The van der Waals surface area contributed by atoms with Gasteiger partial charge in [-0.15, -0.1) is 0 Å². The zero-order chi connectivity index (χ0) is 18.6. The number of para-hydroxylation sites is 2. The predicted molar refractivity (Wildman–Crippen MR) is 101 cm³/mol. The van der Waals surface area contributed by atoms with Crippen molar-refractivity contribution < 1.29 is 9.66 Å². The van der Waals surface area contributed by atoms with Crippen molar-refractivity contribution in [3.05, 3.63) is 68.8 Å². The monoisotopic (exact) mass is 341 g/mol. The van der Waals surface area contributed by atoms with Gasteiger partial charge in [0, 0.05) is 6.07 Å². The molecule has 0 saturated heterocycles. The van der Waals surface area contributed by atoms with Crippen LogP contribution in [0.4, 0.5) is 5.69 Å². The molecule has 1 unspecified atom stereocenters. The topological polar surface area (TPSA) is 52.4 Å². The van der Waals surface area contributed by atoms with Gasteiger partial charge in [0.05, 0.1) is 4.92 Å². The summed E-state index contributed by atoms with van der Waals surface area (Å²) < 4.78 is 5.75. The highest BCUT2D eigenvalue weighted by Gasteiger charge is 2.19. The molecule has 0 N–H and O–H groups in total. The van der Waals surface area contributed by atoms with Gasteiger partial charge in [-0.3, -0.25) is 10.1 Å². The van der Waals surface area contributed by atoms with Crippen molar-refractivity contribution >= 4 is 5.69 Å². The van der Waals surface area contributed by atoms with Crippen LogP contribution in [0, 0.1) is 29.9 Å². The molecule has 0 radical (unpaired) electrons. The maximum Gasteiger partial charge on any atom is 0.310 e. The van der Waals surface area contributed by atoms with Crippen LogP contribution in [0.15, 0.2) is 36.4 Å². The molecule has 0 aliphatic carbocycles. The molecule has 4 heteroatoms. The molecule has 0 heterocycles. The van der Waals surface area contributed by atoms with Crippen molar-refractivity contribution in [2.24, 2.45) is 5.92 Å². The van der Waals surface area contributed by atoms with Crippen LogP contribution in [0.5, 0.6) is 5.75 Å². The molecule has 0 saturated carbocycles. The largest absolute Gasteiger partial charge is 0.482 e. The number of rotatable bonds is 7. The van der Waals surface area contributed by atoms with Crippen molar-refractivity contribution in [1.82, 2.24) is 0 Å². The van der Waals surface area contributed by atoms with Crippen LogP contribution in [0.1, 0.15) is 55.4 Å². The minimum atomic E-state index is -0.412. The normalized spacial score (nSPS) is 12.2. The number of hydrogen-bond acceptors (Lipinski definition) is 3. The van der Waals surface area contributed by atoms with Gasteiger partial charge in [-0.25, -0.2) is 0 Å². The summed E-state index contributed by atoms with van der Waals surface area (Å²) in [6.07, 6.45) is 1.12. The van der Waals surface area contributed by atoms with Crippen LogP contribution in [0.2, 0.25) is 0 Å². The quantitative estimate of drug-likeness (QED) is 0.462. The summed E-state index contributed by atoms with van der Waals surface area (Å²) >= 11 is 0. The van der Waals surface area contributed by atoms with E-state index in [0.29, 0.717) is 24.2 Å². The Hall–Kier alpha value is -2.36. The second-order valence-electron chi connectivity index (χ2n) is 6.84. The van der Waals surface area contributed by atoms with E-state index >= 15 is 0 Å². The van der Waals surface area contributed by atoms with Gasteiger partial charge >= 0.3 is 5.69 Å². The van der Waals surface area contributed by atoms with Crippen molar-refractivity contribution in [3.8, 4) is 5.75 Å². The Balaban J connectivity index is 2.25. The Labute approximate surface area is 150 Å². The minimum Gasteiger partial charge on any atom is -0.482 e. The lowest BCUT2D eigenvalue weighted by molar-refractivity contribution is -0.385. The van der Waals surface area contributed by atoms with Crippen molar-refractivity contribution in [2.75, 3.05) is 0 Å². The fraction of sp³-hybridized carbons (Fsp3) is 0.429. The molecule has 25 heavy (non-hydrogen) atoms. The summed E-state index contributed by atoms with van der Waals surface area (Å²) in [6, 6.07) is 10.8. The lowest BCUT2D eigenvalue weighted by Crippen LogP contribution is -2.10. The lowest BCUT2D eigenvalue weighted by Gasteiger charge is -2.24. The van der Waals surface area contributed by atoms with Crippen LogP contribution < -0.4 is 4.74 Å². The standard InChI is InChI=1S/C21H27NO3/c1-6-18(14(2)3)19-12-11-17(15(4)16(19)5)13-25-21-10-8-7-9-20(21)22(23)24/h7-12,14,18H,6,13H2,1-5H3. The average Bonchev–Trinajstić information content (AvgIpc) is 2.58. The number of nitro groups is 1. The number of ether oxygens (including phenoxy) is 1. The van der Waals surface area contributed by atoms with E-state index in [1.807, 2.05) is 0 Å². The molecule has 0 amide bonds. The van der Waals surface area contributed by atoms with Crippen LogP contribution in [0.3, 0.4) is 0 Å². The number of nitrogens with zero attached hydrogens (tertiary/aromatic N) is 1. The summed E-state index contributed by atoms with van der Waals surface area (Å²) in [5.74, 6) is 1.45. The molecular weight excluding hydrogens is 314 g/mol. The number of hydrogen-bond donors (Lipinski definition) is 0. The Kier molecular flexibility index (Phi) is 6.18. The van der Waals surface area contributed by atoms with Crippen LogP contribution >= 0.6 is 0 Å². The Morgan fingerprint density at radius 3 is 2.36 bits per heavy atom. The number of nitro benzene ring substituents is 1. The highest BCUT2D eigenvalue weighted by Crippen LogP contribution is 2.33. The average molecular weight is 341 g/mol. The molecule has 2 aromatic carbocycles. The third-order valence-corrected chi connectivity index (χ3v) is 5.03. The summed E-state index contributed by atoms with van der Waals surface area (Å²) in [5, 5.41) is 11.1. The fourth-order valence-electron chi connectivity index (χ4n) is 3.39. The summed E-state index contributed by atoms with van der Waals surface area (Å²) in [7, 11) is 0. The van der Waals surface area contributed by atoms with E-state index in [1.165, 1.54) is 22.8 Å². The van der Waals surface area contributed by atoms with Gasteiger partial charge in [0.2, 0.25) is 0 Å². The van der Waals surface area contributed by atoms with Gasteiger partial charge in [0.1, 0.15) is 6.61 Å². The smallest absolute Gasteiger partial charge is 0.310 e. The maximum atomic E-state index is 11.1. The van der Waals surface area contributed by atoms with Crippen molar-refractivity contribution in [3.63, 3.8) is 0 Å². The first-order valence-electron chi connectivity index (χ1n) is 8.82. The van der Waals surface area contributed by atoms with Crippen LogP contribution in [0.25, 0.3) is 0 Å². The first-order valence-corrected chi connectivity index (χ1v) is 8.82. The molecule has 2 aromatic rings. The fourth-order valence-corrected chi connectivity index (χ4v) is 3.39. The molecule has 0 spiro atoms. The zero-order valence-corrected chi connectivity index (χ0v) is 15.7. The molecule has 1 atom stereocenters. The Morgan fingerprint density at radius 2 is 1.76 bits per heavy atom. The first-order chi connectivity index (χ1) is 11.9. The van der Waals surface area contributed by atoms with E-state index in [1.54, 1.807) is 18.2 Å². The Bertz CT molecular complexity index is 753. The molecule has 4 nitrogen and oxygen atoms in total. The molecule has 0 aliphatic rings. The lowest BCUT2D eigenvalue weighted by atomic mass is 9.82. The Morgan fingerprint density at radius 1 is 1.08 bits per heavy atom. The van der Waals surface area contributed by atoms with E-state index in [2.05, 4.69) is 46.8 Å². The first kappa shape index (κ1) is 19.0. The van der Waals surface area contributed by atoms with Gasteiger partial charge in [-0.05, 0) is 60.4 Å². The molecule has 0 fully saturated rings. The minimum absolute atomic E-state index is 0.000602. The van der Waals surface area contributed by atoms with E-state index in [4.69, 9.17) is 4.74 Å². The van der Waals surface area contributed by atoms with Gasteiger partial charge in [0.15, 0.2) is 5.75 Å².